The van der Waals surface area contributed by atoms with Gasteiger partial charge in [0.05, 0.1) is 0 Å². The highest BCUT2D eigenvalue weighted by molar-refractivity contribution is 6.30. The maximum atomic E-state index is 12.5. The molecule has 0 aromatic heterocycles. The Labute approximate surface area is 140 Å². The Bertz CT molecular complexity index is 797. The molecule has 0 saturated heterocycles. The molecule has 0 aliphatic rings. The van der Waals surface area contributed by atoms with Crippen molar-refractivity contribution in [3.8, 4) is 0 Å². The van der Waals surface area contributed by atoms with E-state index in [4.69, 9.17) is 11.6 Å². The maximum absolute atomic E-state index is 12.5. The van der Waals surface area contributed by atoms with Crippen LogP contribution in [0.5, 0.6) is 0 Å². The van der Waals surface area contributed by atoms with Crippen LogP contribution >= 0.6 is 11.6 Å². The molecule has 0 aliphatic carbocycles. The van der Waals surface area contributed by atoms with Crippen molar-refractivity contribution in [2.24, 2.45) is 0 Å². The SMILES string of the molecule is O=C(Nc1ccccc1)c1ccccc1Cc1ccc(Cl)cc1. The average molecular weight is 322 g/mol. The fourth-order valence-corrected chi connectivity index (χ4v) is 2.56. The van der Waals surface area contributed by atoms with E-state index in [0.29, 0.717) is 17.0 Å². The van der Waals surface area contributed by atoms with Gasteiger partial charge in [0.1, 0.15) is 0 Å². The lowest BCUT2D eigenvalue weighted by Gasteiger charge is -2.10. The summed E-state index contributed by atoms with van der Waals surface area (Å²) in [5.41, 5.74) is 3.59. The molecule has 114 valence electrons. The lowest BCUT2D eigenvalue weighted by Crippen LogP contribution is -2.14. The smallest absolute Gasteiger partial charge is 0.255 e. The molecule has 1 amide bonds. The molecule has 0 radical (unpaired) electrons. The Morgan fingerprint density at radius 3 is 2.22 bits per heavy atom. The fourth-order valence-electron chi connectivity index (χ4n) is 2.44. The molecule has 0 atom stereocenters. The van der Waals surface area contributed by atoms with Crippen molar-refractivity contribution in [1.29, 1.82) is 0 Å². The summed E-state index contributed by atoms with van der Waals surface area (Å²) in [5, 5.41) is 3.65. The summed E-state index contributed by atoms with van der Waals surface area (Å²) in [6.45, 7) is 0. The van der Waals surface area contributed by atoms with Gasteiger partial charge in [0.25, 0.3) is 5.91 Å². The molecular formula is C20H16ClNO. The van der Waals surface area contributed by atoms with Gasteiger partial charge in [-0.25, -0.2) is 0 Å². The van der Waals surface area contributed by atoms with Crippen LogP contribution in [0, 0.1) is 0 Å². The first-order valence-electron chi connectivity index (χ1n) is 7.41. The maximum Gasteiger partial charge on any atom is 0.255 e. The molecule has 3 aromatic carbocycles. The summed E-state index contributed by atoms with van der Waals surface area (Å²) in [6.07, 6.45) is 0.690. The van der Waals surface area contributed by atoms with E-state index in [1.807, 2.05) is 78.9 Å². The lowest BCUT2D eigenvalue weighted by atomic mass is 9.99. The molecule has 0 spiro atoms. The predicted octanol–water partition coefficient (Wildman–Crippen LogP) is 5.18. The van der Waals surface area contributed by atoms with Crippen molar-refractivity contribution in [3.05, 3.63) is 101 Å². The molecule has 2 nitrogen and oxygen atoms in total. The number of carbonyl (C=O) groups excluding carboxylic acids is 1. The predicted molar refractivity (Wildman–Crippen MR) is 95.1 cm³/mol. The Kier molecular flexibility index (Phi) is 4.74. The number of carbonyl (C=O) groups is 1. The van der Waals surface area contributed by atoms with E-state index in [2.05, 4.69) is 5.32 Å². The van der Waals surface area contributed by atoms with Gasteiger partial charge in [-0.2, -0.15) is 0 Å². The number of benzene rings is 3. The summed E-state index contributed by atoms with van der Waals surface area (Å²) in [7, 11) is 0. The summed E-state index contributed by atoms with van der Waals surface area (Å²) >= 11 is 5.92. The molecular weight excluding hydrogens is 306 g/mol. The van der Waals surface area contributed by atoms with Gasteiger partial charge in [0, 0.05) is 16.3 Å². The standard InChI is InChI=1S/C20H16ClNO/c21-17-12-10-15(11-13-17)14-16-6-4-5-9-19(16)20(23)22-18-7-2-1-3-8-18/h1-13H,14H2,(H,22,23). The van der Waals surface area contributed by atoms with E-state index >= 15 is 0 Å². The number of amides is 1. The van der Waals surface area contributed by atoms with E-state index < -0.39 is 0 Å². The normalized spacial score (nSPS) is 10.3. The van der Waals surface area contributed by atoms with Gasteiger partial charge in [-0.3, -0.25) is 4.79 Å². The van der Waals surface area contributed by atoms with Crippen molar-refractivity contribution < 1.29 is 4.79 Å². The average Bonchev–Trinajstić information content (AvgIpc) is 2.58. The molecule has 0 heterocycles. The number of hydrogen-bond donors (Lipinski definition) is 1. The van der Waals surface area contributed by atoms with Crippen LogP contribution in [0.25, 0.3) is 0 Å². The Morgan fingerprint density at radius 1 is 0.826 bits per heavy atom. The van der Waals surface area contributed by atoms with Gasteiger partial charge >= 0.3 is 0 Å². The van der Waals surface area contributed by atoms with Crippen LogP contribution in [0.2, 0.25) is 5.02 Å². The molecule has 3 aromatic rings. The molecule has 0 saturated carbocycles. The van der Waals surface area contributed by atoms with Gasteiger partial charge in [0.2, 0.25) is 0 Å². The minimum Gasteiger partial charge on any atom is -0.322 e. The first kappa shape index (κ1) is 15.3. The third-order valence-corrected chi connectivity index (χ3v) is 3.85. The second-order valence-corrected chi connectivity index (χ2v) is 5.72. The van der Waals surface area contributed by atoms with Crippen LogP contribution in [0.3, 0.4) is 0 Å². The van der Waals surface area contributed by atoms with Crippen molar-refractivity contribution in [2.45, 2.75) is 6.42 Å². The van der Waals surface area contributed by atoms with Crippen molar-refractivity contribution in [1.82, 2.24) is 0 Å². The van der Waals surface area contributed by atoms with Gasteiger partial charge in [-0.05, 0) is 47.9 Å². The van der Waals surface area contributed by atoms with Gasteiger partial charge in [-0.15, -0.1) is 0 Å². The highest BCUT2D eigenvalue weighted by Gasteiger charge is 2.11. The number of nitrogens with one attached hydrogen (secondary N) is 1. The molecule has 23 heavy (non-hydrogen) atoms. The summed E-state index contributed by atoms with van der Waals surface area (Å²) < 4.78 is 0. The summed E-state index contributed by atoms with van der Waals surface area (Å²) in [5.74, 6) is -0.0965. The van der Waals surface area contributed by atoms with Crippen LogP contribution < -0.4 is 5.32 Å². The zero-order valence-corrected chi connectivity index (χ0v) is 13.3. The van der Waals surface area contributed by atoms with Gasteiger partial charge in [-0.1, -0.05) is 60.1 Å². The third kappa shape index (κ3) is 3.99. The van der Waals surface area contributed by atoms with E-state index in [9.17, 15) is 4.79 Å². The minimum atomic E-state index is -0.0965. The number of hydrogen-bond acceptors (Lipinski definition) is 1. The van der Waals surface area contributed by atoms with Crippen molar-refractivity contribution >= 4 is 23.2 Å². The van der Waals surface area contributed by atoms with Gasteiger partial charge < -0.3 is 5.32 Å². The Balaban J connectivity index is 1.82. The molecule has 0 bridgehead atoms. The van der Waals surface area contributed by atoms with Crippen molar-refractivity contribution in [3.63, 3.8) is 0 Å². The summed E-state index contributed by atoms with van der Waals surface area (Å²) in [6, 6.07) is 24.8. The second-order valence-electron chi connectivity index (χ2n) is 5.28. The van der Waals surface area contributed by atoms with E-state index in [1.54, 1.807) is 0 Å². The zero-order valence-electron chi connectivity index (χ0n) is 12.5. The van der Waals surface area contributed by atoms with Crippen LogP contribution in [-0.4, -0.2) is 5.91 Å². The number of halogens is 1. The highest BCUT2D eigenvalue weighted by Crippen LogP contribution is 2.18. The molecule has 1 N–H and O–H groups in total. The Morgan fingerprint density at radius 2 is 1.48 bits per heavy atom. The summed E-state index contributed by atoms with van der Waals surface area (Å²) in [4.78, 5) is 12.5. The first-order valence-corrected chi connectivity index (χ1v) is 7.79. The zero-order chi connectivity index (χ0) is 16.1. The quantitative estimate of drug-likeness (QED) is 0.704. The molecule has 0 aliphatic heterocycles. The molecule has 0 unspecified atom stereocenters. The number of para-hydroxylation sites is 1. The monoisotopic (exact) mass is 321 g/mol. The second kappa shape index (κ2) is 7.12. The lowest BCUT2D eigenvalue weighted by molar-refractivity contribution is 0.102. The molecule has 3 rings (SSSR count). The highest BCUT2D eigenvalue weighted by atomic mass is 35.5. The number of rotatable bonds is 4. The van der Waals surface area contributed by atoms with Crippen LogP contribution in [0.15, 0.2) is 78.9 Å². The largest absolute Gasteiger partial charge is 0.322 e. The minimum absolute atomic E-state index is 0.0965. The topological polar surface area (TPSA) is 29.1 Å². The van der Waals surface area contributed by atoms with E-state index in [-0.39, 0.29) is 5.91 Å². The first-order chi connectivity index (χ1) is 11.2. The third-order valence-electron chi connectivity index (χ3n) is 3.60. The fraction of sp³-hybridized carbons (Fsp3) is 0.0500. The van der Waals surface area contributed by atoms with E-state index in [0.717, 1.165) is 16.8 Å². The van der Waals surface area contributed by atoms with Crippen LogP contribution in [-0.2, 0) is 6.42 Å². The van der Waals surface area contributed by atoms with E-state index in [1.165, 1.54) is 0 Å². The van der Waals surface area contributed by atoms with Crippen LogP contribution in [0.1, 0.15) is 21.5 Å². The van der Waals surface area contributed by atoms with Crippen LogP contribution in [0.4, 0.5) is 5.69 Å². The Hall–Kier alpha value is -2.58. The number of anilines is 1. The van der Waals surface area contributed by atoms with Crippen molar-refractivity contribution in [2.75, 3.05) is 5.32 Å². The molecule has 0 fully saturated rings. The van der Waals surface area contributed by atoms with Gasteiger partial charge in [0.15, 0.2) is 0 Å². The molecule has 3 heteroatoms.